The largest absolute Gasteiger partial charge is 0.367 e. The van der Waals surface area contributed by atoms with Gasteiger partial charge in [-0.3, -0.25) is 9.69 Å². The molecule has 29 heavy (non-hydrogen) atoms. The fourth-order valence-electron chi connectivity index (χ4n) is 3.67. The van der Waals surface area contributed by atoms with Crippen LogP contribution in [0.1, 0.15) is 51.3 Å². The van der Waals surface area contributed by atoms with Crippen LogP contribution in [-0.2, 0) is 12.0 Å². The number of anilines is 1. The summed E-state index contributed by atoms with van der Waals surface area (Å²) in [6.07, 6.45) is 5.13. The van der Waals surface area contributed by atoms with Gasteiger partial charge in [0, 0.05) is 36.8 Å². The van der Waals surface area contributed by atoms with Crippen LogP contribution >= 0.6 is 0 Å². The SMILES string of the molecule is CC(C)(C)c1ccc(=O)n(CCN2CCCCC2CNc2ncccc2C#N)n1. The highest BCUT2D eigenvalue weighted by Crippen LogP contribution is 2.20. The third-order valence-corrected chi connectivity index (χ3v) is 5.42. The van der Waals surface area contributed by atoms with Crippen LogP contribution in [0.25, 0.3) is 0 Å². The molecule has 0 aromatic carbocycles. The molecule has 3 heterocycles. The van der Waals surface area contributed by atoms with Gasteiger partial charge in [-0.1, -0.05) is 27.2 Å². The Hall–Kier alpha value is -2.72. The van der Waals surface area contributed by atoms with Gasteiger partial charge < -0.3 is 5.32 Å². The normalized spacial score (nSPS) is 17.7. The smallest absolute Gasteiger partial charge is 0.266 e. The summed E-state index contributed by atoms with van der Waals surface area (Å²) in [7, 11) is 0. The van der Waals surface area contributed by atoms with E-state index in [0.717, 1.165) is 38.2 Å². The quantitative estimate of drug-likeness (QED) is 0.811. The van der Waals surface area contributed by atoms with Gasteiger partial charge in [0.1, 0.15) is 11.9 Å². The lowest BCUT2D eigenvalue weighted by atomic mass is 9.92. The van der Waals surface area contributed by atoms with E-state index in [1.165, 1.54) is 6.42 Å². The van der Waals surface area contributed by atoms with Crippen molar-refractivity contribution in [3.63, 3.8) is 0 Å². The summed E-state index contributed by atoms with van der Waals surface area (Å²) in [6.45, 7) is 9.40. The van der Waals surface area contributed by atoms with Crippen LogP contribution in [0.2, 0.25) is 0 Å². The third kappa shape index (κ3) is 5.42. The van der Waals surface area contributed by atoms with Crippen LogP contribution in [0.4, 0.5) is 5.82 Å². The average Bonchev–Trinajstić information content (AvgIpc) is 2.71. The predicted octanol–water partition coefficient (Wildman–Crippen LogP) is 2.77. The molecule has 0 spiro atoms. The molecule has 1 N–H and O–H groups in total. The van der Waals surface area contributed by atoms with Crippen molar-refractivity contribution in [1.82, 2.24) is 19.7 Å². The van der Waals surface area contributed by atoms with Crippen molar-refractivity contribution in [2.45, 2.75) is 58.0 Å². The van der Waals surface area contributed by atoms with Gasteiger partial charge in [0.25, 0.3) is 5.56 Å². The van der Waals surface area contributed by atoms with E-state index in [9.17, 15) is 10.1 Å². The molecule has 3 rings (SSSR count). The molecule has 1 fully saturated rings. The number of piperidine rings is 1. The number of aromatic nitrogens is 3. The Morgan fingerprint density at radius 2 is 2.07 bits per heavy atom. The molecule has 1 aliphatic rings. The Morgan fingerprint density at radius 1 is 1.24 bits per heavy atom. The van der Waals surface area contributed by atoms with Gasteiger partial charge in [0.2, 0.25) is 0 Å². The third-order valence-electron chi connectivity index (χ3n) is 5.42. The molecule has 1 unspecified atom stereocenters. The maximum atomic E-state index is 12.3. The number of hydrogen-bond donors (Lipinski definition) is 1. The molecule has 154 valence electrons. The lowest BCUT2D eigenvalue weighted by Crippen LogP contribution is -2.46. The summed E-state index contributed by atoms with van der Waals surface area (Å²) >= 11 is 0. The molecule has 7 heteroatoms. The van der Waals surface area contributed by atoms with Crippen molar-refractivity contribution < 1.29 is 0 Å². The summed E-state index contributed by atoms with van der Waals surface area (Å²) in [4.78, 5) is 19.0. The summed E-state index contributed by atoms with van der Waals surface area (Å²) < 4.78 is 1.59. The van der Waals surface area contributed by atoms with Gasteiger partial charge in [0.05, 0.1) is 17.8 Å². The van der Waals surface area contributed by atoms with Crippen LogP contribution in [-0.4, -0.2) is 45.3 Å². The van der Waals surface area contributed by atoms with E-state index in [0.29, 0.717) is 24.0 Å². The van der Waals surface area contributed by atoms with Crippen molar-refractivity contribution in [3.05, 3.63) is 52.1 Å². The fourth-order valence-corrected chi connectivity index (χ4v) is 3.67. The van der Waals surface area contributed by atoms with Crippen LogP contribution in [0.5, 0.6) is 0 Å². The molecule has 1 aliphatic heterocycles. The second-order valence-corrected chi connectivity index (χ2v) is 8.61. The van der Waals surface area contributed by atoms with Crippen LogP contribution in [0.15, 0.2) is 35.3 Å². The molecule has 1 saturated heterocycles. The first kappa shape index (κ1) is 21.0. The van der Waals surface area contributed by atoms with Crippen LogP contribution in [0.3, 0.4) is 0 Å². The number of pyridine rings is 1. The molecule has 0 saturated carbocycles. The molecule has 0 amide bonds. The van der Waals surface area contributed by atoms with E-state index in [1.807, 2.05) is 6.07 Å². The zero-order chi connectivity index (χ0) is 20.9. The van der Waals surface area contributed by atoms with Crippen LogP contribution in [0, 0.1) is 11.3 Å². The first-order valence-electron chi connectivity index (χ1n) is 10.3. The van der Waals surface area contributed by atoms with Gasteiger partial charge in [-0.15, -0.1) is 0 Å². The molecule has 0 radical (unpaired) electrons. The highest BCUT2D eigenvalue weighted by atomic mass is 16.1. The number of likely N-dealkylation sites (tertiary alicyclic amines) is 1. The lowest BCUT2D eigenvalue weighted by Gasteiger charge is -2.36. The van der Waals surface area contributed by atoms with E-state index in [4.69, 9.17) is 0 Å². The molecular weight excluding hydrogens is 364 g/mol. The van der Waals surface area contributed by atoms with E-state index in [2.05, 4.69) is 47.1 Å². The molecule has 2 aromatic rings. The monoisotopic (exact) mass is 394 g/mol. The van der Waals surface area contributed by atoms with Gasteiger partial charge >= 0.3 is 0 Å². The average molecular weight is 395 g/mol. The van der Waals surface area contributed by atoms with Crippen molar-refractivity contribution in [1.29, 1.82) is 5.26 Å². The van der Waals surface area contributed by atoms with Crippen molar-refractivity contribution in [3.8, 4) is 6.07 Å². The molecule has 1 atom stereocenters. The van der Waals surface area contributed by atoms with Gasteiger partial charge in [-0.05, 0) is 37.6 Å². The second kappa shape index (κ2) is 9.19. The van der Waals surface area contributed by atoms with E-state index in [1.54, 1.807) is 29.1 Å². The Bertz CT molecular complexity index is 924. The second-order valence-electron chi connectivity index (χ2n) is 8.61. The number of rotatable bonds is 6. The Balaban J connectivity index is 1.65. The number of nitriles is 1. The molecule has 2 aromatic heterocycles. The summed E-state index contributed by atoms with van der Waals surface area (Å²) in [5, 5.41) is 17.2. The van der Waals surface area contributed by atoms with Gasteiger partial charge in [0.15, 0.2) is 0 Å². The standard InChI is InChI=1S/C22H30N6O/c1-22(2,3)19-9-10-20(29)28(26-19)14-13-27-12-5-4-8-18(27)16-25-21-17(15-23)7-6-11-24-21/h6-7,9-11,18H,4-5,8,12-14,16H2,1-3H3,(H,24,25). The van der Waals surface area contributed by atoms with Crippen molar-refractivity contribution in [2.75, 3.05) is 25.0 Å². The van der Waals surface area contributed by atoms with Crippen molar-refractivity contribution >= 4 is 5.82 Å². The molecular formula is C22H30N6O. The highest BCUT2D eigenvalue weighted by Gasteiger charge is 2.23. The molecule has 7 nitrogen and oxygen atoms in total. The maximum absolute atomic E-state index is 12.3. The first-order valence-corrected chi connectivity index (χ1v) is 10.3. The van der Waals surface area contributed by atoms with Crippen LogP contribution < -0.4 is 10.9 Å². The minimum Gasteiger partial charge on any atom is -0.367 e. The minimum absolute atomic E-state index is 0.0585. The summed E-state index contributed by atoms with van der Waals surface area (Å²) in [6, 6.07) is 9.51. The zero-order valence-corrected chi connectivity index (χ0v) is 17.6. The summed E-state index contributed by atoms with van der Waals surface area (Å²) in [5.74, 6) is 0.635. The number of nitrogens with zero attached hydrogens (tertiary/aromatic N) is 5. The van der Waals surface area contributed by atoms with E-state index >= 15 is 0 Å². The maximum Gasteiger partial charge on any atom is 0.266 e. The summed E-state index contributed by atoms with van der Waals surface area (Å²) in [5.41, 5.74) is 1.34. The Labute approximate surface area is 172 Å². The Kier molecular flexibility index (Phi) is 6.65. The Morgan fingerprint density at radius 3 is 2.83 bits per heavy atom. The highest BCUT2D eigenvalue weighted by molar-refractivity contribution is 5.51. The number of hydrogen-bond acceptors (Lipinski definition) is 6. The van der Waals surface area contributed by atoms with Gasteiger partial charge in [-0.2, -0.15) is 10.4 Å². The predicted molar refractivity (Wildman–Crippen MR) is 114 cm³/mol. The first-order chi connectivity index (χ1) is 13.9. The van der Waals surface area contributed by atoms with Gasteiger partial charge in [-0.25, -0.2) is 9.67 Å². The number of nitrogens with one attached hydrogen (secondary N) is 1. The topological polar surface area (TPSA) is 86.8 Å². The van der Waals surface area contributed by atoms with Crippen molar-refractivity contribution in [2.24, 2.45) is 0 Å². The molecule has 0 aliphatic carbocycles. The van der Waals surface area contributed by atoms with E-state index in [-0.39, 0.29) is 11.0 Å². The van der Waals surface area contributed by atoms with E-state index < -0.39 is 0 Å². The minimum atomic E-state index is -0.0891. The lowest BCUT2D eigenvalue weighted by molar-refractivity contribution is 0.147. The zero-order valence-electron chi connectivity index (χ0n) is 17.6. The fraction of sp³-hybridized carbons (Fsp3) is 0.545. The molecule has 0 bridgehead atoms.